The van der Waals surface area contributed by atoms with Gasteiger partial charge in [0.05, 0.1) is 23.1 Å². The topological polar surface area (TPSA) is 70.4 Å². The summed E-state index contributed by atoms with van der Waals surface area (Å²) in [6.07, 6.45) is 0.823. The van der Waals surface area contributed by atoms with Crippen LogP contribution in [0.2, 0.25) is 0 Å². The molecule has 5 nitrogen and oxygen atoms in total. The number of sulfonamides is 1. The second-order valence-electron chi connectivity index (χ2n) is 4.61. The van der Waals surface area contributed by atoms with Gasteiger partial charge < -0.3 is 4.74 Å². The quantitative estimate of drug-likeness (QED) is 0.831. The normalized spacial score (nSPS) is 20.3. The Kier molecular flexibility index (Phi) is 4.20. The fraction of sp³-hybridized carbons (Fsp3) is 0.462. The zero-order valence-corrected chi connectivity index (χ0v) is 11.6. The van der Waals surface area contributed by atoms with Gasteiger partial charge in [0.2, 0.25) is 10.0 Å². The van der Waals surface area contributed by atoms with Crippen LogP contribution in [-0.2, 0) is 14.8 Å². The minimum absolute atomic E-state index is 0.240. The van der Waals surface area contributed by atoms with E-state index in [0.29, 0.717) is 25.3 Å². The van der Waals surface area contributed by atoms with E-state index < -0.39 is 10.0 Å². The zero-order chi connectivity index (χ0) is 13.9. The summed E-state index contributed by atoms with van der Waals surface area (Å²) in [7, 11) is -1.82. The van der Waals surface area contributed by atoms with Crippen molar-refractivity contribution in [1.29, 1.82) is 5.26 Å². The van der Waals surface area contributed by atoms with Crippen molar-refractivity contribution in [1.82, 2.24) is 4.31 Å². The van der Waals surface area contributed by atoms with Crippen LogP contribution in [0.4, 0.5) is 0 Å². The Labute approximate surface area is 113 Å². The molecule has 0 aromatic heterocycles. The molecule has 0 bridgehead atoms. The van der Waals surface area contributed by atoms with Crippen molar-refractivity contribution >= 4 is 10.0 Å². The summed E-state index contributed by atoms with van der Waals surface area (Å²) < 4.78 is 31.3. The molecule has 19 heavy (non-hydrogen) atoms. The van der Waals surface area contributed by atoms with E-state index in [1.807, 2.05) is 6.07 Å². The SMILES string of the molecule is COCC1CCN(S(=O)(=O)c2ccc(C#N)cc2)C1. The van der Waals surface area contributed by atoms with Crippen LogP contribution in [0.3, 0.4) is 0 Å². The smallest absolute Gasteiger partial charge is 0.243 e. The number of hydrogen-bond donors (Lipinski definition) is 0. The Bertz CT molecular complexity index is 575. The zero-order valence-electron chi connectivity index (χ0n) is 10.7. The molecule has 1 aliphatic heterocycles. The monoisotopic (exact) mass is 280 g/mol. The molecular weight excluding hydrogens is 264 g/mol. The summed E-state index contributed by atoms with van der Waals surface area (Å²) in [6.45, 7) is 1.60. The predicted molar refractivity (Wildman–Crippen MR) is 69.9 cm³/mol. The predicted octanol–water partition coefficient (Wildman–Crippen LogP) is 1.22. The largest absolute Gasteiger partial charge is 0.384 e. The first-order chi connectivity index (χ1) is 9.07. The molecule has 0 aliphatic carbocycles. The molecule has 1 atom stereocenters. The third-order valence-corrected chi connectivity index (χ3v) is 5.15. The standard InChI is InChI=1S/C13H16N2O3S/c1-18-10-12-6-7-15(9-12)19(16,17)13-4-2-11(8-14)3-5-13/h2-5,12H,6-7,9-10H2,1H3. The van der Waals surface area contributed by atoms with Crippen molar-refractivity contribution in [3.05, 3.63) is 29.8 Å². The Morgan fingerprint density at radius 2 is 2.11 bits per heavy atom. The van der Waals surface area contributed by atoms with Crippen molar-refractivity contribution in [3.8, 4) is 6.07 Å². The summed E-state index contributed by atoms with van der Waals surface area (Å²) in [5, 5.41) is 8.71. The van der Waals surface area contributed by atoms with Gasteiger partial charge in [-0.1, -0.05) is 0 Å². The molecule has 102 valence electrons. The molecule has 1 fully saturated rings. The van der Waals surface area contributed by atoms with Gasteiger partial charge in [-0.25, -0.2) is 8.42 Å². The van der Waals surface area contributed by atoms with Gasteiger partial charge in [0.25, 0.3) is 0 Å². The van der Waals surface area contributed by atoms with Crippen LogP contribution in [0, 0.1) is 17.2 Å². The third-order valence-electron chi connectivity index (χ3n) is 3.27. The van der Waals surface area contributed by atoms with Crippen LogP contribution in [0.5, 0.6) is 0 Å². The molecule has 0 saturated carbocycles. The molecule has 1 unspecified atom stereocenters. The van der Waals surface area contributed by atoms with Crippen LogP contribution in [0.25, 0.3) is 0 Å². The van der Waals surface area contributed by atoms with Gasteiger partial charge in [0.1, 0.15) is 0 Å². The van der Waals surface area contributed by atoms with Crippen molar-refractivity contribution in [2.45, 2.75) is 11.3 Å². The molecule has 2 rings (SSSR count). The number of nitrogens with zero attached hydrogens (tertiary/aromatic N) is 2. The van der Waals surface area contributed by atoms with Gasteiger partial charge in [0, 0.05) is 20.2 Å². The summed E-state index contributed by atoms with van der Waals surface area (Å²) in [5.41, 5.74) is 0.456. The molecule has 1 heterocycles. The fourth-order valence-corrected chi connectivity index (χ4v) is 3.77. The number of benzene rings is 1. The molecule has 1 aliphatic rings. The first-order valence-corrected chi connectivity index (χ1v) is 7.51. The molecule has 1 saturated heterocycles. The molecule has 6 heteroatoms. The highest BCUT2D eigenvalue weighted by molar-refractivity contribution is 7.89. The summed E-state index contributed by atoms with van der Waals surface area (Å²) in [6, 6.07) is 7.99. The summed E-state index contributed by atoms with van der Waals surface area (Å²) in [5.74, 6) is 0.262. The van der Waals surface area contributed by atoms with Crippen LogP contribution >= 0.6 is 0 Å². The lowest BCUT2D eigenvalue weighted by Gasteiger charge is -2.16. The maximum Gasteiger partial charge on any atom is 0.243 e. The van der Waals surface area contributed by atoms with E-state index in [-0.39, 0.29) is 10.8 Å². The van der Waals surface area contributed by atoms with Crippen LogP contribution < -0.4 is 0 Å². The Balaban J connectivity index is 2.16. The van der Waals surface area contributed by atoms with Crippen LogP contribution in [0.15, 0.2) is 29.2 Å². The van der Waals surface area contributed by atoms with Crippen molar-refractivity contribution in [2.75, 3.05) is 26.8 Å². The Hall–Kier alpha value is -1.42. The number of nitriles is 1. The van der Waals surface area contributed by atoms with E-state index in [2.05, 4.69) is 0 Å². The lowest BCUT2D eigenvalue weighted by atomic mass is 10.1. The second kappa shape index (κ2) is 5.70. The van der Waals surface area contributed by atoms with Gasteiger partial charge in [-0.15, -0.1) is 0 Å². The van der Waals surface area contributed by atoms with E-state index >= 15 is 0 Å². The van der Waals surface area contributed by atoms with E-state index in [4.69, 9.17) is 10.00 Å². The first kappa shape index (κ1) is 14.0. The van der Waals surface area contributed by atoms with Crippen LogP contribution in [-0.4, -0.2) is 39.5 Å². The minimum Gasteiger partial charge on any atom is -0.384 e. The third kappa shape index (κ3) is 2.95. The summed E-state index contributed by atoms with van der Waals surface area (Å²) >= 11 is 0. The first-order valence-electron chi connectivity index (χ1n) is 6.07. The van der Waals surface area contributed by atoms with Crippen molar-refractivity contribution in [2.24, 2.45) is 5.92 Å². The van der Waals surface area contributed by atoms with Crippen molar-refractivity contribution < 1.29 is 13.2 Å². The van der Waals surface area contributed by atoms with Gasteiger partial charge in [-0.05, 0) is 36.6 Å². The molecular formula is C13H16N2O3S. The molecule has 0 N–H and O–H groups in total. The number of rotatable bonds is 4. The van der Waals surface area contributed by atoms with Gasteiger partial charge in [-0.2, -0.15) is 9.57 Å². The molecule has 1 aromatic rings. The minimum atomic E-state index is -3.45. The molecule has 0 amide bonds. The van der Waals surface area contributed by atoms with E-state index in [1.54, 1.807) is 7.11 Å². The maximum absolute atomic E-state index is 12.4. The lowest BCUT2D eigenvalue weighted by molar-refractivity contribution is 0.157. The molecule has 1 aromatic carbocycles. The highest BCUT2D eigenvalue weighted by Crippen LogP contribution is 2.24. The highest BCUT2D eigenvalue weighted by Gasteiger charge is 2.32. The Morgan fingerprint density at radius 1 is 1.42 bits per heavy atom. The Morgan fingerprint density at radius 3 is 2.68 bits per heavy atom. The number of hydrogen-bond acceptors (Lipinski definition) is 4. The number of ether oxygens (including phenoxy) is 1. The van der Waals surface area contributed by atoms with E-state index in [0.717, 1.165) is 6.42 Å². The van der Waals surface area contributed by atoms with E-state index in [1.165, 1.54) is 28.6 Å². The average Bonchev–Trinajstić information content (AvgIpc) is 2.89. The van der Waals surface area contributed by atoms with Gasteiger partial charge in [0.15, 0.2) is 0 Å². The lowest BCUT2D eigenvalue weighted by Crippen LogP contribution is -2.29. The van der Waals surface area contributed by atoms with Crippen molar-refractivity contribution in [3.63, 3.8) is 0 Å². The number of methoxy groups -OCH3 is 1. The fourth-order valence-electron chi connectivity index (χ4n) is 2.24. The second-order valence-corrected chi connectivity index (χ2v) is 6.55. The van der Waals surface area contributed by atoms with Crippen LogP contribution in [0.1, 0.15) is 12.0 Å². The average molecular weight is 280 g/mol. The molecule has 0 spiro atoms. The van der Waals surface area contributed by atoms with Gasteiger partial charge >= 0.3 is 0 Å². The van der Waals surface area contributed by atoms with Gasteiger partial charge in [-0.3, -0.25) is 0 Å². The van der Waals surface area contributed by atoms with E-state index in [9.17, 15) is 8.42 Å². The highest BCUT2D eigenvalue weighted by atomic mass is 32.2. The maximum atomic E-state index is 12.4. The molecule has 0 radical (unpaired) electrons. The summed E-state index contributed by atoms with van der Waals surface area (Å²) in [4.78, 5) is 0.240.